The van der Waals surface area contributed by atoms with Gasteiger partial charge in [0.1, 0.15) is 19.3 Å². The second kappa shape index (κ2) is 55.4. The molecule has 1 radical (unpaired) electrons. The Morgan fingerprint density at radius 2 is 0.899 bits per heavy atom. The Kier molecular flexibility index (Phi) is 57.9. The first-order chi connectivity index (χ1) is 32.4. The number of carboxylic acids is 2. The molecule has 0 fully saturated rings. The van der Waals surface area contributed by atoms with Gasteiger partial charge < -0.3 is 71.4 Å². The van der Waals surface area contributed by atoms with Crippen LogP contribution in [0, 0.1) is 0 Å². The van der Waals surface area contributed by atoms with E-state index in [-0.39, 0.29) is 149 Å². The average Bonchev–Trinajstić information content (AvgIpc) is 3.29. The van der Waals surface area contributed by atoms with Crippen LogP contribution in [-0.4, -0.2) is 161 Å². The summed E-state index contributed by atoms with van der Waals surface area (Å²) in [6.07, 6.45) is 19.0. The molecule has 0 aliphatic carbocycles. The molecule has 0 heterocycles. The van der Waals surface area contributed by atoms with Gasteiger partial charge in [-0.3, -0.25) is 39.8 Å². The number of amides is 5. The number of unbranched alkanes of at least 4 members (excludes halogenated alkanes) is 14. The molecule has 0 aromatic heterocycles. The van der Waals surface area contributed by atoms with Crippen LogP contribution in [0.15, 0.2) is 0 Å². The SMILES string of the molecule is O=CO.[NH-][C@H]([C-]=O)CCCCNC(=O)CCCNC(=O)COCCOCCNC(=O)COCCOCCNC(=O)C[C@H](NC(=O)CCCCCCCCCCCCCCCCC(=O)O)C(=O)O.[V].[W]. The van der Waals surface area contributed by atoms with Crippen LogP contribution in [0.3, 0.4) is 0 Å². The van der Waals surface area contributed by atoms with E-state index in [1.54, 1.807) is 6.29 Å². The topological polar surface area (TPSA) is 335 Å². The van der Waals surface area contributed by atoms with Crippen molar-refractivity contribution >= 4 is 54.2 Å². The molecular formula is C45H80N6O16VW-2. The summed E-state index contributed by atoms with van der Waals surface area (Å²) in [5.74, 6) is -3.74. The van der Waals surface area contributed by atoms with E-state index >= 15 is 0 Å². The summed E-state index contributed by atoms with van der Waals surface area (Å²) in [5, 5.41) is 38.1. The monoisotopic (exact) mass is 1200 g/mol. The van der Waals surface area contributed by atoms with Gasteiger partial charge >= 0.3 is 11.9 Å². The summed E-state index contributed by atoms with van der Waals surface area (Å²) >= 11 is 0. The van der Waals surface area contributed by atoms with Crippen LogP contribution in [0.1, 0.15) is 141 Å². The molecule has 0 aliphatic rings. The van der Waals surface area contributed by atoms with Crippen LogP contribution in [0.2, 0.25) is 0 Å². The van der Waals surface area contributed by atoms with Gasteiger partial charge in [-0.1, -0.05) is 89.9 Å². The summed E-state index contributed by atoms with van der Waals surface area (Å²) in [6.45, 7) is 1.63. The fourth-order valence-electron chi connectivity index (χ4n) is 6.13. The molecule has 399 valence electrons. The van der Waals surface area contributed by atoms with Gasteiger partial charge in [0.15, 0.2) is 0 Å². The average molecular weight is 1200 g/mol. The van der Waals surface area contributed by atoms with Crippen LogP contribution in [0.4, 0.5) is 0 Å². The number of ether oxygens (including phenoxy) is 4. The number of hydrogen-bond acceptors (Lipinski definition) is 13. The fraction of sp³-hybridized carbons (Fsp3) is 0.800. The molecular weight excluding hydrogens is 1120 g/mol. The molecule has 0 bridgehead atoms. The van der Waals surface area contributed by atoms with E-state index in [4.69, 9.17) is 39.7 Å². The van der Waals surface area contributed by atoms with Crippen molar-refractivity contribution in [2.24, 2.45) is 0 Å². The van der Waals surface area contributed by atoms with E-state index in [1.807, 2.05) is 0 Å². The third kappa shape index (κ3) is 57.0. The molecule has 9 N–H and O–H groups in total. The molecule has 0 aromatic rings. The zero-order valence-electron chi connectivity index (χ0n) is 40.3. The van der Waals surface area contributed by atoms with Crippen molar-refractivity contribution in [3.63, 3.8) is 0 Å². The van der Waals surface area contributed by atoms with Gasteiger partial charge in [0.25, 0.3) is 6.47 Å². The number of nitrogens with one attached hydrogen (secondary N) is 6. The van der Waals surface area contributed by atoms with Crippen LogP contribution >= 0.6 is 0 Å². The number of hydrogen-bond donors (Lipinski definition) is 8. The van der Waals surface area contributed by atoms with Gasteiger partial charge in [0, 0.05) is 85.1 Å². The van der Waals surface area contributed by atoms with Crippen molar-refractivity contribution in [3.05, 3.63) is 5.73 Å². The second-order valence-electron chi connectivity index (χ2n) is 15.6. The second-order valence-corrected chi connectivity index (χ2v) is 15.6. The van der Waals surface area contributed by atoms with E-state index in [0.29, 0.717) is 45.2 Å². The molecule has 0 spiro atoms. The van der Waals surface area contributed by atoms with Gasteiger partial charge in [-0.2, -0.15) is 0 Å². The van der Waals surface area contributed by atoms with E-state index in [0.717, 1.165) is 44.9 Å². The van der Waals surface area contributed by atoms with Crippen LogP contribution < -0.4 is 26.6 Å². The molecule has 2 atom stereocenters. The standard InChI is InChI=1S/C44H78N6O14.CH2O2.V.W/c45-36(33-51)18-15-16-22-46-38(52)20-17-23-47-41(55)34-63-30-29-62-27-25-49-42(56)35-64-31-28-61-26-24-48-40(54)32-37(44(59)60)50-39(53)19-13-11-9-7-5-3-1-2-4-6-8-10-12-14-21-43(57)58;2-1-3;;/h36-37,45H,1-32,34-35H2,(H,46,52)(H,47,55)(H,48,54)(H,49,56)(H,50,53)(H,57,58)(H,59,60);1H,(H,2,3);;/q-2;;;/t36-,37-;;;/m0.../s1. The Morgan fingerprint density at radius 3 is 1.36 bits per heavy atom. The first-order valence-electron chi connectivity index (χ1n) is 23.6. The Bertz CT molecular complexity index is 1340. The largest absolute Gasteiger partial charge is 0.698 e. The van der Waals surface area contributed by atoms with Crippen molar-refractivity contribution in [2.45, 2.75) is 153 Å². The Labute approximate surface area is 434 Å². The van der Waals surface area contributed by atoms with Crippen LogP contribution in [0.25, 0.3) is 5.73 Å². The Morgan fingerprint density at radius 1 is 0.507 bits per heavy atom. The van der Waals surface area contributed by atoms with Crippen LogP contribution in [-0.2, 0) is 102 Å². The van der Waals surface area contributed by atoms with Gasteiger partial charge in [0.2, 0.25) is 29.5 Å². The smallest absolute Gasteiger partial charge is 0.326 e. The summed E-state index contributed by atoms with van der Waals surface area (Å²) in [4.78, 5) is 101. The van der Waals surface area contributed by atoms with Gasteiger partial charge in [-0.15, -0.1) is 0 Å². The summed E-state index contributed by atoms with van der Waals surface area (Å²) in [5.41, 5.74) is 7.29. The number of rotatable bonds is 47. The predicted molar refractivity (Wildman–Crippen MR) is 247 cm³/mol. The molecule has 0 unspecified atom stereocenters. The maximum atomic E-state index is 12.3. The number of carbonyl (C=O) groups excluding carboxylic acids is 6. The first-order valence-corrected chi connectivity index (χ1v) is 23.6. The third-order valence-electron chi connectivity index (χ3n) is 9.70. The Hall–Kier alpha value is -3.50. The minimum atomic E-state index is -1.33. The number of carboxylic acid groups (broad SMARTS) is 3. The predicted octanol–water partition coefficient (Wildman–Crippen LogP) is 2.98. The van der Waals surface area contributed by atoms with E-state index in [2.05, 4.69) is 26.6 Å². The van der Waals surface area contributed by atoms with E-state index < -0.39 is 42.3 Å². The minimum Gasteiger partial charge on any atom is -0.698 e. The molecule has 0 aromatic carbocycles. The fourth-order valence-corrected chi connectivity index (χ4v) is 6.13. The maximum absolute atomic E-state index is 12.3. The zero-order valence-corrected chi connectivity index (χ0v) is 44.6. The summed E-state index contributed by atoms with van der Waals surface area (Å²) < 4.78 is 21.3. The van der Waals surface area contributed by atoms with Crippen molar-refractivity contribution in [3.8, 4) is 0 Å². The maximum Gasteiger partial charge on any atom is 0.326 e. The molecule has 0 saturated carbocycles. The molecule has 0 aliphatic heterocycles. The molecule has 5 amide bonds. The number of carbonyl (C=O) groups is 8. The minimum absolute atomic E-state index is 0. The first kappa shape index (κ1) is 72.0. The number of aliphatic carboxylic acids is 2. The van der Waals surface area contributed by atoms with Crippen LogP contribution in [0.5, 0.6) is 0 Å². The molecule has 0 rings (SSSR count). The van der Waals surface area contributed by atoms with Crippen molar-refractivity contribution < 1.29 is 117 Å². The van der Waals surface area contributed by atoms with Crippen molar-refractivity contribution in [1.29, 1.82) is 0 Å². The quantitative estimate of drug-likeness (QED) is 0.0247. The van der Waals surface area contributed by atoms with E-state index in [9.17, 15) is 43.5 Å². The third-order valence-corrected chi connectivity index (χ3v) is 9.70. The molecule has 24 heteroatoms. The normalized spacial score (nSPS) is 11.2. The van der Waals surface area contributed by atoms with Gasteiger partial charge in [-0.05, 0) is 25.7 Å². The van der Waals surface area contributed by atoms with Crippen molar-refractivity contribution in [2.75, 3.05) is 79.0 Å². The molecule has 0 saturated heterocycles. The molecule has 22 nitrogen and oxygen atoms in total. The summed E-state index contributed by atoms with van der Waals surface area (Å²) in [6, 6.07) is -2.17. The summed E-state index contributed by atoms with van der Waals surface area (Å²) in [7, 11) is 0. The van der Waals surface area contributed by atoms with E-state index in [1.165, 1.54) is 38.5 Å². The van der Waals surface area contributed by atoms with Gasteiger partial charge in [0.05, 0.1) is 46.1 Å². The zero-order chi connectivity index (χ0) is 50.0. The van der Waals surface area contributed by atoms with Gasteiger partial charge in [-0.25, -0.2) is 10.8 Å². The Balaban J connectivity index is -0.00000410. The van der Waals surface area contributed by atoms with Crippen molar-refractivity contribution in [1.82, 2.24) is 26.6 Å². The molecule has 69 heavy (non-hydrogen) atoms.